The number of methoxy groups -OCH3 is 1. The molecule has 3 unspecified atom stereocenters. The van der Waals surface area contributed by atoms with Gasteiger partial charge in [-0.25, -0.2) is 0 Å². The Morgan fingerprint density at radius 1 is 1.33 bits per heavy atom. The summed E-state index contributed by atoms with van der Waals surface area (Å²) < 4.78 is 5.02. The topological polar surface area (TPSA) is 38.3 Å². The smallest absolute Gasteiger partial charge is 0.326 e. The third kappa shape index (κ3) is 1.40. The van der Waals surface area contributed by atoms with Crippen molar-refractivity contribution in [1.29, 1.82) is 0 Å². The van der Waals surface area contributed by atoms with Gasteiger partial charge in [0.15, 0.2) is 0 Å². The first kappa shape index (κ1) is 9.64. The molecule has 0 aromatic heterocycles. The molecular weight excluding hydrogens is 190 g/mol. The Morgan fingerprint density at radius 3 is 2.60 bits per heavy atom. The number of hydrogen-bond acceptors (Lipinski definition) is 3. The lowest BCUT2D eigenvalue weighted by Gasteiger charge is -2.36. The summed E-state index contributed by atoms with van der Waals surface area (Å²) in [4.78, 5) is 12.0. The molecule has 0 aromatic rings. The van der Waals surface area contributed by atoms with Crippen molar-refractivity contribution in [3.63, 3.8) is 0 Å². The molecule has 0 heterocycles. The van der Waals surface area contributed by atoms with Gasteiger partial charge in [-0.2, -0.15) is 0 Å². The summed E-state index contributed by atoms with van der Waals surface area (Å²) in [5.41, 5.74) is -0.307. The standard InChI is InChI=1S/C12H19NO2/c1-15-11(14)12(13-10-4-5-10)7-8-2-3-9(12)6-8/h8-10,13H,2-7H2,1H3. The molecule has 0 amide bonds. The molecule has 0 aliphatic heterocycles. The summed E-state index contributed by atoms with van der Waals surface area (Å²) in [6.45, 7) is 0. The minimum atomic E-state index is -0.307. The van der Waals surface area contributed by atoms with Crippen molar-refractivity contribution < 1.29 is 9.53 Å². The molecule has 0 spiro atoms. The Morgan fingerprint density at radius 2 is 2.13 bits per heavy atom. The van der Waals surface area contributed by atoms with E-state index in [4.69, 9.17) is 4.74 Å². The largest absolute Gasteiger partial charge is 0.468 e. The van der Waals surface area contributed by atoms with Crippen LogP contribution in [0.15, 0.2) is 0 Å². The maximum atomic E-state index is 12.0. The van der Waals surface area contributed by atoms with Crippen LogP contribution >= 0.6 is 0 Å². The van der Waals surface area contributed by atoms with Gasteiger partial charge >= 0.3 is 5.97 Å². The SMILES string of the molecule is COC(=O)C1(NC2CC2)CC2CCC1C2. The predicted molar refractivity (Wildman–Crippen MR) is 56.4 cm³/mol. The summed E-state index contributed by atoms with van der Waals surface area (Å²) >= 11 is 0. The molecule has 3 heteroatoms. The van der Waals surface area contributed by atoms with E-state index in [1.165, 1.54) is 39.2 Å². The lowest BCUT2D eigenvalue weighted by atomic mass is 9.80. The van der Waals surface area contributed by atoms with E-state index in [0.29, 0.717) is 12.0 Å². The van der Waals surface area contributed by atoms with Crippen molar-refractivity contribution in [3.8, 4) is 0 Å². The Balaban J connectivity index is 1.83. The zero-order valence-corrected chi connectivity index (χ0v) is 9.29. The predicted octanol–water partition coefficient (Wildman–Crippen LogP) is 1.47. The highest BCUT2D eigenvalue weighted by molar-refractivity contribution is 5.82. The van der Waals surface area contributed by atoms with E-state index in [1.807, 2.05) is 0 Å². The Bertz CT molecular complexity index is 287. The van der Waals surface area contributed by atoms with Crippen LogP contribution in [0.2, 0.25) is 0 Å². The average molecular weight is 209 g/mol. The van der Waals surface area contributed by atoms with Crippen LogP contribution in [-0.2, 0) is 9.53 Å². The van der Waals surface area contributed by atoms with Crippen molar-refractivity contribution in [2.75, 3.05) is 7.11 Å². The van der Waals surface area contributed by atoms with Gasteiger partial charge in [0.25, 0.3) is 0 Å². The lowest BCUT2D eigenvalue weighted by Crippen LogP contribution is -2.57. The van der Waals surface area contributed by atoms with Crippen molar-refractivity contribution in [1.82, 2.24) is 5.32 Å². The molecule has 15 heavy (non-hydrogen) atoms. The molecule has 3 aliphatic rings. The van der Waals surface area contributed by atoms with E-state index in [-0.39, 0.29) is 11.5 Å². The summed E-state index contributed by atoms with van der Waals surface area (Å²) in [5.74, 6) is 1.29. The molecule has 3 aliphatic carbocycles. The molecule has 3 nitrogen and oxygen atoms in total. The van der Waals surface area contributed by atoms with Crippen LogP contribution in [0, 0.1) is 11.8 Å². The fourth-order valence-electron chi connectivity index (χ4n) is 3.59. The monoisotopic (exact) mass is 209 g/mol. The zero-order valence-electron chi connectivity index (χ0n) is 9.29. The van der Waals surface area contributed by atoms with Crippen LogP contribution in [0.1, 0.15) is 38.5 Å². The number of hydrogen-bond donors (Lipinski definition) is 1. The zero-order chi connectivity index (χ0) is 10.5. The van der Waals surface area contributed by atoms with Crippen LogP contribution < -0.4 is 5.32 Å². The third-order valence-electron chi connectivity index (χ3n) is 4.44. The molecule has 3 saturated carbocycles. The first-order chi connectivity index (χ1) is 7.24. The molecule has 3 fully saturated rings. The number of nitrogens with one attached hydrogen (secondary N) is 1. The Hall–Kier alpha value is -0.570. The Kier molecular flexibility index (Phi) is 2.06. The number of carbonyl (C=O) groups excluding carboxylic acids is 1. The minimum Gasteiger partial charge on any atom is -0.468 e. The van der Waals surface area contributed by atoms with E-state index < -0.39 is 0 Å². The number of rotatable bonds is 3. The first-order valence-electron chi connectivity index (χ1n) is 6.11. The maximum Gasteiger partial charge on any atom is 0.326 e. The molecule has 3 atom stereocenters. The number of carbonyl (C=O) groups is 1. The van der Waals surface area contributed by atoms with Crippen LogP contribution in [0.5, 0.6) is 0 Å². The van der Waals surface area contributed by atoms with Crippen LogP contribution in [0.4, 0.5) is 0 Å². The van der Waals surface area contributed by atoms with Gasteiger partial charge < -0.3 is 4.74 Å². The van der Waals surface area contributed by atoms with Gasteiger partial charge in [-0.05, 0) is 43.9 Å². The number of fused-ring (bicyclic) bond motifs is 2. The first-order valence-corrected chi connectivity index (χ1v) is 6.11. The summed E-state index contributed by atoms with van der Waals surface area (Å²) in [5, 5.41) is 3.57. The van der Waals surface area contributed by atoms with Gasteiger partial charge in [0, 0.05) is 6.04 Å². The van der Waals surface area contributed by atoms with E-state index in [2.05, 4.69) is 5.32 Å². The molecule has 3 rings (SSSR count). The molecular formula is C12H19NO2. The van der Waals surface area contributed by atoms with Gasteiger partial charge in [-0.15, -0.1) is 0 Å². The van der Waals surface area contributed by atoms with E-state index in [9.17, 15) is 4.79 Å². The summed E-state index contributed by atoms with van der Waals surface area (Å²) in [6, 6.07) is 0.587. The van der Waals surface area contributed by atoms with E-state index in [0.717, 1.165) is 12.3 Å². The molecule has 0 aromatic carbocycles. The van der Waals surface area contributed by atoms with E-state index >= 15 is 0 Å². The second kappa shape index (κ2) is 3.21. The second-order valence-electron chi connectivity index (χ2n) is 5.46. The van der Waals surface area contributed by atoms with Crippen molar-refractivity contribution in [2.24, 2.45) is 11.8 Å². The second-order valence-corrected chi connectivity index (χ2v) is 5.46. The van der Waals surface area contributed by atoms with Gasteiger partial charge in [0.1, 0.15) is 5.54 Å². The van der Waals surface area contributed by atoms with Crippen LogP contribution in [0.3, 0.4) is 0 Å². The Labute approximate surface area is 90.6 Å². The summed E-state index contributed by atoms with van der Waals surface area (Å²) in [6.07, 6.45) is 7.23. The quantitative estimate of drug-likeness (QED) is 0.715. The van der Waals surface area contributed by atoms with Gasteiger partial charge in [-0.3, -0.25) is 10.1 Å². The number of esters is 1. The highest BCUT2D eigenvalue weighted by Gasteiger charge is 2.57. The van der Waals surface area contributed by atoms with Gasteiger partial charge in [0.2, 0.25) is 0 Å². The lowest BCUT2D eigenvalue weighted by molar-refractivity contribution is -0.151. The number of ether oxygens (including phenoxy) is 1. The average Bonchev–Trinajstić information content (AvgIpc) is 2.82. The van der Waals surface area contributed by atoms with Crippen molar-refractivity contribution in [3.05, 3.63) is 0 Å². The molecule has 84 valence electrons. The highest BCUT2D eigenvalue weighted by atomic mass is 16.5. The van der Waals surface area contributed by atoms with Gasteiger partial charge in [-0.1, -0.05) is 6.42 Å². The van der Waals surface area contributed by atoms with E-state index in [1.54, 1.807) is 0 Å². The third-order valence-corrected chi connectivity index (χ3v) is 4.44. The molecule has 1 N–H and O–H groups in total. The van der Waals surface area contributed by atoms with Crippen molar-refractivity contribution >= 4 is 5.97 Å². The molecule has 2 bridgehead atoms. The minimum absolute atomic E-state index is 0.0124. The van der Waals surface area contributed by atoms with Crippen molar-refractivity contribution in [2.45, 2.75) is 50.1 Å². The van der Waals surface area contributed by atoms with Crippen LogP contribution in [-0.4, -0.2) is 24.7 Å². The normalized spacial score (nSPS) is 43.3. The fourth-order valence-corrected chi connectivity index (χ4v) is 3.59. The van der Waals surface area contributed by atoms with Gasteiger partial charge in [0.05, 0.1) is 7.11 Å². The molecule has 0 radical (unpaired) electrons. The fraction of sp³-hybridized carbons (Fsp3) is 0.917. The molecule has 0 saturated heterocycles. The maximum absolute atomic E-state index is 12.0. The summed E-state index contributed by atoms with van der Waals surface area (Å²) in [7, 11) is 1.52. The highest BCUT2D eigenvalue weighted by Crippen LogP contribution is 2.52. The van der Waals surface area contributed by atoms with Crippen LogP contribution in [0.25, 0.3) is 0 Å².